The number of thiazole rings is 1. The van der Waals surface area contributed by atoms with Gasteiger partial charge in [-0.2, -0.15) is 0 Å². The van der Waals surface area contributed by atoms with Gasteiger partial charge in [-0.25, -0.2) is 13.8 Å². The third-order valence-electron chi connectivity index (χ3n) is 3.71. The zero-order chi connectivity index (χ0) is 16.2. The summed E-state index contributed by atoms with van der Waals surface area (Å²) in [5, 5.41) is 0. The molecule has 1 aromatic heterocycles. The highest BCUT2D eigenvalue weighted by atomic mass is 32.2. The van der Waals surface area contributed by atoms with Crippen molar-refractivity contribution in [3.63, 3.8) is 0 Å². The first-order chi connectivity index (χ1) is 11.1. The van der Waals surface area contributed by atoms with Gasteiger partial charge >= 0.3 is 0 Å². The molecule has 1 aromatic carbocycles. The molecule has 1 aliphatic heterocycles. The molecule has 2 aromatic rings. The number of piperazine rings is 1. The van der Waals surface area contributed by atoms with Gasteiger partial charge in [0, 0.05) is 26.2 Å². The van der Waals surface area contributed by atoms with Gasteiger partial charge in [-0.15, -0.1) is 11.3 Å². The van der Waals surface area contributed by atoms with E-state index in [1.54, 1.807) is 21.1 Å². The van der Waals surface area contributed by atoms with Crippen LogP contribution in [0.3, 0.4) is 0 Å². The molecule has 0 aliphatic carbocycles. The van der Waals surface area contributed by atoms with Gasteiger partial charge in [-0.05, 0) is 12.1 Å². The summed E-state index contributed by atoms with van der Waals surface area (Å²) >= 11 is 3.02. The Morgan fingerprint density at radius 3 is 2.70 bits per heavy atom. The smallest absolute Gasteiger partial charge is 0.251 e. The van der Waals surface area contributed by atoms with Crippen molar-refractivity contribution >= 4 is 39.2 Å². The molecule has 2 heterocycles. The number of fused-ring (bicyclic) bond motifs is 1. The number of thioether (sulfide) groups is 1. The normalized spacial score (nSPS) is 16.4. The zero-order valence-electron chi connectivity index (χ0n) is 12.5. The van der Waals surface area contributed by atoms with E-state index < -0.39 is 6.43 Å². The highest BCUT2D eigenvalue weighted by molar-refractivity contribution is 8.01. The number of para-hydroxylation sites is 1. The molecule has 1 saturated heterocycles. The van der Waals surface area contributed by atoms with Gasteiger partial charge in [0.15, 0.2) is 4.34 Å². The second-order valence-electron chi connectivity index (χ2n) is 5.31. The Bertz CT molecular complexity index is 639. The lowest BCUT2D eigenvalue weighted by molar-refractivity contribution is -0.130. The molecule has 124 valence electrons. The molecule has 0 bridgehead atoms. The molecule has 4 nitrogen and oxygen atoms in total. The number of carbonyl (C=O) groups is 1. The van der Waals surface area contributed by atoms with Crippen LogP contribution in [-0.4, -0.2) is 65.6 Å². The lowest BCUT2D eigenvalue weighted by Crippen LogP contribution is -2.50. The summed E-state index contributed by atoms with van der Waals surface area (Å²) in [4.78, 5) is 20.2. The van der Waals surface area contributed by atoms with E-state index in [1.807, 2.05) is 24.3 Å². The fraction of sp³-hybridized carbons (Fsp3) is 0.467. The first-order valence-electron chi connectivity index (χ1n) is 7.38. The molecule has 0 atom stereocenters. The predicted molar refractivity (Wildman–Crippen MR) is 89.4 cm³/mol. The number of hydrogen-bond acceptors (Lipinski definition) is 5. The molecule has 8 heteroatoms. The summed E-state index contributed by atoms with van der Waals surface area (Å²) in [6.45, 7) is 1.87. The molecule has 23 heavy (non-hydrogen) atoms. The Balaban J connectivity index is 1.48. The maximum Gasteiger partial charge on any atom is 0.251 e. The molecule has 0 N–H and O–H groups in total. The van der Waals surface area contributed by atoms with Gasteiger partial charge in [-0.1, -0.05) is 23.9 Å². The molecule has 0 unspecified atom stereocenters. The van der Waals surface area contributed by atoms with Crippen molar-refractivity contribution in [2.24, 2.45) is 0 Å². The van der Waals surface area contributed by atoms with E-state index >= 15 is 0 Å². The minimum atomic E-state index is -2.31. The average Bonchev–Trinajstić information content (AvgIpc) is 2.95. The standard InChI is InChI=1S/C15H17F2N3OS2/c16-13(17)9-19-5-7-20(8-6-19)14(21)10-22-15-18-11-3-1-2-4-12(11)23-15/h1-4,13H,5-10H2. The quantitative estimate of drug-likeness (QED) is 0.771. The lowest BCUT2D eigenvalue weighted by atomic mass is 10.3. The molecule has 0 saturated carbocycles. The van der Waals surface area contributed by atoms with Crippen LogP contribution in [0.2, 0.25) is 0 Å². The van der Waals surface area contributed by atoms with Crippen LogP contribution in [0.25, 0.3) is 10.2 Å². The Labute approximate surface area is 141 Å². The minimum Gasteiger partial charge on any atom is -0.339 e. The SMILES string of the molecule is O=C(CSc1nc2ccccc2s1)N1CCN(CC(F)F)CC1. The lowest BCUT2D eigenvalue weighted by Gasteiger charge is -2.34. The Morgan fingerprint density at radius 1 is 1.26 bits per heavy atom. The minimum absolute atomic E-state index is 0.0472. The summed E-state index contributed by atoms with van der Waals surface area (Å²) in [5.41, 5.74) is 0.952. The van der Waals surface area contributed by atoms with Crippen molar-refractivity contribution in [1.29, 1.82) is 0 Å². The number of nitrogens with zero attached hydrogens (tertiary/aromatic N) is 3. The second-order valence-corrected chi connectivity index (χ2v) is 7.56. The van der Waals surface area contributed by atoms with Crippen molar-refractivity contribution in [1.82, 2.24) is 14.8 Å². The third kappa shape index (κ3) is 4.39. The summed E-state index contributed by atoms with van der Waals surface area (Å²) in [6.07, 6.45) is -2.31. The van der Waals surface area contributed by atoms with Gasteiger partial charge in [0.2, 0.25) is 5.91 Å². The highest BCUT2D eigenvalue weighted by Gasteiger charge is 2.23. The Morgan fingerprint density at radius 2 is 2.00 bits per heavy atom. The molecule has 0 spiro atoms. The molecule has 1 amide bonds. The summed E-state index contributed by atoms with van der Waals surface area (Å²) in [5.74, 6) is 0.389. The zero-order valence-corrected chi connectivity index (χ0v) is 14.1. The second kappa shape index (κ2) is 7.55. The monoisotopic (exact) mass is 357 g/mol. The number of halogens is 2. The van der Waals surface area contributed by atoms with Crippen LogP contribution in [0.1, 0.15) is 0 Å². The highest BCUT2D eigenvalue weighted by Crippen LogP contribution is 2.29. The van der Waals surface area contributed by atoms with Crippen LogP contribution >= 0.6 is 23.1 Å². The fourth-order valence-electron chi connectivity index (χ4n) is 2.50. The van der Waals surface area contributed by atoms with Crippen LogP contribution in [0, 0.1) is 0 Å². The summed E-state index contributed by atoms with van der Waals surface area (Å²) in [7, 11) is 0. The van der Waals surface area contributed by atoms with Gasteiger partial charge in [0.05, 0.1) is 22.5 Å². The predicted octanol–water partition coefficient (Wildman–Crippen LogP) is 2.80. The summed E-state index contributed by atoms with van der Waals surface area (Å²) in [6, 6.07) is 7.89. The van der Waals surface area contributed by atoms with Crippen molar-refractivity contribution in [3.8, 4) is 0 Å². The van der Waals surface area contributed by atoms with Crippen LogP contribution in [0.4, 0.5) is 8.78 Å². The van der Waals surface area contributed by atoms with Crippen molar-refractivity contribution in [2.75, 3.05) is 38.5 Å². The van der Waals surface area contributed by atoms with Crippen LogP contribution < -0.4 is 0 Å². The van der Waals surface area contributed by atoms with Gasteiger partial charge in [-0.3, -0.25) is 9.69 Å². The number of alkyl halides is 2. The molecular formula is C15H17F2N3OS2. The fourth-order valence-corrected chi connectivity index (χ4v) is 4.47. The molecule has 1 aliphatic rings. The van der Waals surface area contributed by atoms with Crippen molar-refractivity contribution in [2.45, 2.75) is 10.8 Å². The largest absolute Gasteiger partial charge is 0.339 e. The number of amides is 1. The number of benzene rings is 1. The van der Waals surface area contributed by atoms with Gasteiger partial charge in [0.25, 0.3) is 6.43 Å². The maximum atomic E-state index is 12.3. The number of rotatable bonds is 5. The van der Waals surface area contributed by atoms with Crippen molar-refractivity contribution < 1.29 is 13.6 Å². The van der Waals surface area contributed by atoms with Crippen LogP contribution in [0.5, 0.6) is 0 Å². The number of aromatic nitrogens is 1. The molecule has 3 rings (SSSR count). The Kier molecular flexibility index (Phi) is 5.45. The third-order valence-corrected chi connectivity index (χ3v) is 5.88. The van der Waals surface area contributed by atoms with Crippen molar-refractivity contribution in [3.05, 3.63) is 24.3 Å². The van der Waals surface area contributed by atoms with E-state index in [-0.39, 0.29) is 12.5 Å². The Hall–Kier alpha value is -1.25. The topological polar surface area (TPSA) is 36.4 Å². The van der Waals surface area contributed by atoms with Crippen LogP contribution in [-0.2, 0) is 4.79 Å². The summed E-state index contributed by atoms with van der Waals surface area (Å²) < 4.78 is 26.7. The maximum absolute atomic E-state index is 12.3. The van der Waals surface area contributed by atoms with E-state index in [9.17, 15) is 13.6 Å². The molecule has 1 fully saturated rings. The van der Waals surface area contributed by atoms with E-state index in [1.165, 1.54) is 11.8 Å². The van der Waals surface area contributed by atoms with Crippen LogP contribution in [0.15, 0.2) is 28.6 Å². The molecule has 0 radical (unpaired) electrons. The van der Waals surface area contributed by atoms with E-state index in [0.29, 0.717) is 31.9 Å². The van der Waals surface area contributed by atoms with Gasteiger partial charge in [0.1, 0.15) is 0 Å². The number of hydrogen-bond donors (Lipinski definition) is 0. The van der Waals surface area contributed by atoms with E-state index in [0.717, 1.165) is 14.6 Å². The van der Waals surface area contributed by atoms with E-state index in [4.69, 9.17) is 0 Å². The molecular weight excluding hydrogens is 340 g/mol. The van der Waals surface area contributed by atoms with Gasteiger partial charge < -0.3 is 4.90 Å². The number of carbonyl (C=O) groups excluding carboxylic acids is 1. The first-order valence-corrected chi connectivity index (χ1v) is 9.18. The first kappa shape index (κ1) is 16.6. The van der Waals surface area contributed by atoms with E-state index in [2.05, 4.69) is 4.98 Å². The average molecular weight is 357 g/mol.